The number of nitrogens with zero attached hydrogens (tertiary/aromatic N) is 2. The number of esters is 1. The summed E-state index contributed by atoms with van der Waals surface area (Å²) < 4.78 is 6.77. The van der Waals surface area contributed by atoms with E-state index in [1.165, 1.54) is 10.8 Å². The first-order valence-corrected chi connectivity index (χ1v) is 5.91. The van der Waals surface area contributed by atoms with Crippen molar-refractivity contribution < 1.29 is 9.53 Å². The molecule has 0 aliphatic heterocycles. The molecule has 0 aliphatic carbocycles. The Kier molecular flexibility index (Phi) is 4.45. The second kappa shape index (κ2) is 5.42. The summed E-state index contributed by atoms with van der Waals surface area (Å²) in [6.45, 7) is 5.12. The van der Waals surface area contributed by atoms with Gasteiger partial charge in [0.2, 0.25) is 0 Å². The molecule has 1 aromatic heterocycles. The van der Waals surface area contributed by atoms with Crippen molar-refractivity contribution in [3.63, 3.8) is 0 Å². The third kappa shape index (κ3) is 3.29. The van der Waals surface area contributed by atoms with E-state index >= 15 is 0 Å². The number of aryl methyl sites for hydroxylation is 1. The van der Waals surface area contributed by atoms with Crippen molar-refractivity contribution >= 4 is 28.6 Å². The van der Waals surface area contributed by atoms with Crippen LogP contribution in [0.5, 0.6) is 0 Å². The topological polar surface area (TPSA) is 61.2 Å². The molecule has 0 amide bonds. The van der Waals surface area contributed by atoms with E-state index in [1.54, 1.807) is 20.8 Å². The zero-order valence-electron chi connectivity index (χ0n) is 9.36. The van der Waals surface area contributed by atoms with Gasteiger partial charge < -0.3 is 4.74 Å². The van der Waals surface area contributed by atoms with Crippen LogP contribution in [0.2, 0.25) is 0 Å². The van der Waals surface area contributed by atoms with Crippen molar-refractivity contribution in [2.24, 2.45) is 0 Å². The van der Waals surface area contributed by atoms with Gasteiger partial charge in [0.1, 0.15) is 12.4 Å². The number of rotatable bonds is 3. The molecule has 0 radical (unpaired) electrons. The summed E-state index contributed by atoms with van der Waals surface area (Å²) in [6.07, 6.45) is 1.31. The normalized spacial score (nSPS) is 10.6. The molecule has 0 unspecified atom stereocenters. The second-order valence-electron chi connectivity index (χ2n) is 3.58. The maximum Gasteiger partial charge on any atom is 0.326 e. The molecule has 6 heteroatoms. The van der Waals surface area contributed by atoms with E-state index < -0.39 is 5.97 Å². The SMILES string of the molecule is Cc1ncc(I)c(=O)n1CC(=O)OC(C)C. The lowest BCUT2D eigenvalue weighted by molar-refractivity contribution is -0.148. The Morgan fingerprint density at radius 2 is 2.25 bits per heavy atom. The van der Waals surface area contributed by atoms with Crippen LogP contribution in [0, 0.1) is 10.5 Å². The summed E-state index contributed by atoms with van der Waals surface area (Å²) in [7, 11) is 0. The van der Waals surface area contributed by atoms with Crippen molar-refractivity contribution in [1.29, 1.82) is 0 Å². The Balaban J connectivity index is 2.93. The molecule has 0 bridgehead atoms. The highest BCUT2D eigenvalue weighted by Crippen LogP contribution is 1.99. The third-order valence-electron chi connectivity index (χ3n) is 1.86. The molecule has 0 aromatic carbocycles. The molecule has 0 aliphatic rings. The van der Waals surface area contributed by atoms with Crippen LogP contribution in [0.1, 0.15) is 19.7 Å². The van der Waals surface area contributed by atoms with E-state index in [9.17, 15) is 9.59 Å². The minimum atomic E-state index is -0.427. The fourth-order valence-corrected chi connectivity index (χ4v) is 1.60. The molecule has 0 N–H and O–H groups in total. The van der Waals surface area contributed by atoms with Gasteiger partial charge in [-0.05, 0) is 43.4 Å². The fourth-order valence-electron chi connectivity index (χ4n) is 1.17. The first kappa shape index (κ1) is 13.1. The van der Waals surface area contributed by atoms with Gasteiger partial charge in [-0.15, -0.1) is 0 Å². The monoisotopic (exact) mass is 336 g/mol. The van der Waals surface area contributed by atoms with E-state index in [4.69, 9.17) is 4.74 Å². The second-order valence-corrected chi connectivity index (χ2v) is 4.75. The lowest BCUT2D eigenvalue weighted by atomic mass is 10.4. The van der Waals surface area contributed by atoms with Crippen LogP contribution in [0.4, 0.5) is 0 Å². The van der Waals surface area contributed by atoms with E-state index in [0.717, 1.165) is 0 Å². The number of aromatic nitrogens is 2. The number of ether oxygens (including phenoxy) is 1. The van der Waals surface area contributed by atoms with E-state index in [0.29, 0.717) is 9.39 Å². The highest BCUT2D eigenvalue weighted by molar-refractivity contribution is 14.1. The summed E-state index contributed by atoms with van der Waals surface area (Å²) in [5, 5.41) is 0. The predicted octanol–water partition coefficient (Wildman–Crippen LogP) is 1.11. The number of carbonyl (C=O) groups is 1. The molecule has 1 rings (SSSR count). The van der Waals surface area contributed by atoms with Gasteiger partial charge in [-0.2, -0.15) is 0 Å². The minimum absolute atomic E-state index is 0.0906. The molecule has 0 saturated carbocycles. The van der Waals surface area contributed by atoms with Crippen LogP contribution in [-0.2, 0) is 16.1 Å². The zero-order chi connectivity index (χ0) is 12.3. The van der Waals surface area contributed by atoms with Gasteiger partial charge in [-0.3, -0.25) is 14.2 Å². The summed E-state index contributed by atoms with van der Waals surface area (Å²) in [6, 6.07) is 0. The van der Waals surface area contributed by atoms with Crippen LogP contribution in [-0.4, -0.2) is 21.6 Å². The molecular formula is C10H13IN2O3. The van der Waals surface area contributed by atoms with Gasteiger partial charge in [0.25, 0.3) is 5.56 Å². The van der Waals surface area contributed by atoms with Crippen LogP contribution in [0.15, 0.2) is 11.0 Å². The maximum atomic E-state index is 11.7. The zero-order valence-corrected chi connectivity index (χ0v) is 11.5. The number of halogens is 1. The van der Waals surface area contributed by atoms with Crippen LogP contribution >= 0.6 is 22.6 Å². The average molecular weight is 336 g/mol. The first-order chi connectivity index (χ1) is 7.41. The van der Waals surface area contributed by atoms with Crippen molar-refractivity contribution in [3.05, 3.63) is 25.9 Å². The first-order valence-electron chi connectivity index (χ1n) is 4.83. The Morgan fingerprint density at radius 3 is 2.81 bits per heavy atom. The smallest absolute Gasteiger partial charge is 0.326 e. The van der Waals surface area contributed by atoms with Crippen LogP contribution in [0.25, 0.3) is 0 Å². The van der Waals surface area contributed by atoms with Gasteiger partial charge >= 0.3 is 5.97 Å². The highest BCUT2D eigenvalue weighted by Gasteiger charge is 2.11. The Labute approximate surface area is 107 Å². The maximum absolute atomic E-state index is 11.7. The summed E-state index contributed by atoms with van der Waals surface area (Å²) >= 11 is 1.89. The molecular weight excluding hydrogens is 323 g/mol. The molecule has 0 atom stereocenters. The lowest BCUT2D eigenvalue weighted by Gasteiger charge is -2.11. The molecule has 0 saturated heterocycles. The van der Waals surface area contributed by atoms with Gasteiger partial charge in [-0.25, -0.2) is 4.98 Å². The predicted molar refractivity (Wildman–Crippen MR) is 67.2 cm³/mol. The van der Waals surface area contributed by atoms with Crippen molar-refractivity contribution in [2.45, 2.75) is 33.4 Å². The van der Waals surface area contributed by atoms with Gasteiger partial charge in [-0.1, -0.05) is 0 Å². The quantitative estimate of drug-likeness (QED) is 0.613. The summed E-state index contributed by atoms with van der Waals surface area (Å²) in [4.78, 5) is 27.2. The highest BCUT2D eigenvalue weighted by atomic mass is 127. The van der Waals surface area contributed by atoms with E-state index in [2.05, 4.69) is 4.98 Å². The molecule has 1 aromatic rings. The number of hydrogen-bond acceptors (Lipinski definition) is 4. The number of hydrogen-bond donors (Lipinski definition) is 0. The van der Waals surface area contributed by atoms with E-state index in [-0.39, 0.29) is 18.2 Å². The Hall–Kier alpha value is -0.920. The molecule has 0 fully saturated rings. The van der Waals surface area contributed by atoms with Gasteiger partial charge in [0.15, 0.2) is 0 Å². The standard InChI is InChI=1S/C10H13IN2O3/c1-6(2)16-9(14)5-13-7(3)12-4-8(11)10(13)15/h4,6H,5H2,1-3H3. The summed E-state index contributed by atoms with van der Waals surface area (Å²) in [5.41, 5.74) is -0.214. The average Bonchev–Trinajstić information content (AvgIpc) is 2.17. The molecule has 16 heavy (non-hydrogen) atoms. The minimum Gasteiger partial charge on any atom is -0.462 e. The van der Waals surface area contributed by atoms with Crippen molar-refractivity contribution in [3.8, 4) is 0 Å². The molecule has 1 heterocycles. The molecule has 5 nitrogen and oxygen atoms in total. The lowest BCUT2D eigenvalue weighted by Crippen LogP contribution is -2.30. The summed E-state index contributed by atoms with van der Waals surface area (Å²) in [5.74, 6) is 0.0788. The van der Waals surface area contributed by atoms with Crippen LogP contribution in [0.3, 0.4) is 0 Å². The van der Waals surface area contributed by atoms with Gasteiger partial charge in [0, 0.05) is 6.20 Å². The largest absolute Gasteiger partial charge is 0.462 e. The van der Waals surface area contributed by atoms with Gasteiger partial charge in [0.05, 0.1) is 9.67 Å². The fraction of sp³-hybridized carbons (Fsp3) is 0.500. The van der Waals surface area contributed by atoms with Crippen molar-refractivity contribution in [1.82, 2.24) is 9.55 Å². The van der Waals surface area contributed by atoms with Crippen molar-refractivity contribution in [2.75, 3.05) is 0 Å². The Morgan fingerprint density at radius 1 is 1.62 bits per heavy atom. The number of carbonyl (C=O) groups excluding carboxylic acids is 1. The molecule has 88 valence electrons. The Bertz CT molecular complexity index is 454. The third-order valence-corrected chi connectivity index (χ3v) is 2.60. The van der Waals surface area contributed by atoms with Crippen LogP contribution < -0.4 is 5.56 Å². The van der Waals surface area contributed by atoms with E-state index in [1.807, 2.05) is 22.6 Å². The molecule has 0 spiro atoms.